The van der Waals surface area contributed by atoms with E-state index in [1.165, 1.54) is 0 Å². The minimum absolute atomic E-state index is 0.0349. The van der Waals surface area contributed by atoms with Crippen molar-refractivity contribution < 1.29 is 27.5 Å². The maximum Gasteiger partial charge on any atom is 0.344 e. The molecule has 1 saturated heterocycles. The van der Waals surface area contributed by atoms with Crippen molar-refractivity contribution >= 4 is 21.7 Å². The van der Waals surface area contributed by atoms with Gasteiger partial charge in [-0.2, -0.15) is 0 Å². The van der Waals surface area contributed by atoms with Gasteiger partial charge in [-0.3, -0.25) is 4.79 Å². The number of hydrogen-bond donors (Lipinski definition) is 0. The van der Waals surface area contributed by atoms with Crippen LogP contribution in [-0.2, 0) is 24.2 Å². The molecule has 0 saturated carbocycles. The van der Waals surface area contributed by atoms with Crippen molar-refractivity contribution in [1.29, 1.82) is 0 Å². The first-order chi connectivity index (χ1) is 13.1. The van der Waals surface area contributed by atoms with Gasteiger partial charge >= 0.3 is 5.97 Å². The summed E-state index contributed by atoms with van der Waals surface area (Å²) in [6, 6.07) is 5.13. The first-order valence-electron chi connectivity index (χ1n) is 9.50. The third-order valence-corrected chi connectivity index (χ3v) is 6.74. The lowest BCUT2D eigenvalue weighted by molar-refractivity contribution is -0.155. The molecule has 2 rings (SSSR count). The number of sulfone groups is 1. The summed E-state index contributed by atoms with van der Waals surface area (Å²) in [7, 11) is -3.12. The molecule has 1 fully saturated rings. The Morgan fingerprint density at radius 2 is 1.96 bits per heavy atom. The van der Waals surface area contributed by atoms with Gasteiger partial charge in [-0.1, -0.05) is 24.6 Å². The van der Waals surface area contributed by atoms with E-state index in [2.05, 4.69) is 0 Å². The number of nitrogens with zero attached hydrogens (tertiary/aromatic N) is 1. The van der Waals surface area contributed by atoms with Gasteiger partial charge in [0.15, 0.2) is 23.1 Å². The van der Waals surface area contributed by atoms with Gasteiger partial charge in [0.1, 0.15) is 5.75 Å². The second kappa shape index (κ2) is 9.41. The second-order valence-electron chi connectivity index (χ2n) is 7.33. The van der Waals surface area contributed by atoms with Gasteiger partial charge in [0.25, 0.3) is 5.91 Å². The highest BCUT2D eigenvalue weighted by molar-refractivity contribution is 7.91. The van der Waals surface area contributed by atoms with Crippen LogP contribution in [0.15, 0.2) is 18.2 Å². The van der Waals surface area contributed by atoms with Crippen LogP contribution in [0.2, 0.25) is 0 Å². The van der Waals surface area contributed by atoms with Crippen molar-refractivity contribution in [2.24, 2.45) is 0 Å². The first-order valence-corrected chi connectivity index (χ1v) is 11.3. The molecule has 156 valence electrons. The molecule has 1 aliphatic rings. The molecule has 1 heterocycles. The Bertz CT molecular complexity index is 820. The van der Waals surface area contributed by atoms with Gasteiger partial charge in [0, 0.05) is 12.1 Å². The molecule has 2 atom stereocenters. The predicted molar refractivity (Wildman–Crippen MR) is 106 cm³/mol. The smallest absolute Gasteiger partial charge is 0.344 e. The molecule has 0 N–H and O–H groups in total. The summed E-state index contributed by atoms with van der Waals surface area (Å²) in [4.78, 5) is 26.2. The van der Waals surface area contributed by atoms with Crippen LogP contribution in [0.3, 0.4) is 0 Å². The lowest BCUT2D eigenvalue weighted by Gasteiger charge is -2.33. The van der Waals surface area contributed by atoms with Crippen LogP contribution in [-0.4, -0.2) is 62.0 Å². The minimum atomic E-state index is -3.12. The Labute approximate surface area is 166 Å². The molecule has 0 radical (unpaired) electrons. The highest BCUT2D eigenvalue weighted by Gasteiger charge is 2.36. The monoisotopic (exact) mass is 411 g/mol. The van der Waals surface area contributed by atoms with Crippen molar-refractivity contribution in [1.82, 2.24) is 4.90 Å². The van der Waals surface area contributed by atoms with E-state index >= 15 is 0 Å². The van der Waals surface area contributed by atoms with E-state index in [0.29, 0.717) is 18.6 Å². The zero-order chi connectivity index (χ0) is 20.9. The van der Waals surface area contributed by atoms with Gasteiger partial charge in [-0.15, -0.1) is 0 Å². The Balaban J connectivity index is 1.89. The van der Waals surface area contributed by atoms with Gasteiger partial charge in [0.05, 0.1) is 11.5 Å². The van der Waals surface area contributed by atoms with Crippen LogP contribution in [0.25, 0.3) is 0 Å². The topological polar surface area (TPSA) is 90.0 Å². The molecule has 7 nitrogen and oxygen atoms in total. The number of hydrogen-bond acceptors (Lipinski definition) is 6. The number of carbonyl (C=O) groups is 2. The number of esters is 1. The number of aryl methyl sites for hydroxylation is 2. The molecule has 1 amide bonds. The third kappa shape index (κ3) is 5.95. The Morgan fingerprint density at radius 1 is 1.25 bits per heavy atom. The number of rotatable bonds is 8. The van der Waals surface area contributed by atoms with Crippen molar-refractivity contribution in [3.63, 3.8) is 0 Å². The van der Waals surface area contributed by atoms with Crippen LogP contribution in [0.1, 0.15) is 37.8 Å². The average molecular weight is 412 g/mol. The zero-order valence-corrected chi connectivity index (χ0v) is 17.8. The molecule has 1 aromatic carbocycles. The van der Waals surface area contributed by atoms with E-state index in [0.717, 1.165) is 11.1 Å². The van der Waals surface area contributed by atoms with Gasteiger partial charge in [0.2, 0.25) is 0 Å². The summed E-state index contributed by atoms with van der Waals surface area (Å²) >= 11 is 0. The molecule has 0 bridgehead atoms. The lowest BCUT2D eigenvalue weighted by atomic mass is 10.1. The highest BCUT2D eigenvalue weighted by Crippen LogP contribution is 2.22. The molecule has 28 heavy (non-hydrogen) atoms. The summed E-state index contributed by atoms with van der Waals surface area (Å²) in [6.07, 6.45) is 1.11. The fourth-order valence-electron chi connectivity index (χ4n) is 3.36. The maximum atomic E-state index is 12.6. The summed E-state index contributed by atoms with van der Waals surface area (Å²) in [5, 5.41) is 0. The van der Waals surface area contributed by atoms with Gasteiger partial charge in [-0.25, -0.2) is 13.2 Å². The van der Waals surface area contributed by atoms with Crippen molar-refractivity contribution in [2.45, 2.75) is 52.6 Å². The minimum Gasteiger partial charge on any atom is -0.482 e. The molecule has 0 aliphatic carbocycles. The molecule has 0 aromatic heterocycles. The Hall–Kier alpha value is -2.09. The second-order valence-corrected chi connectivity index (χ2v) is 9.56. The van der Waals surface area contributed by atoms with Crippen LogP contribution in [0.4, 0.5) is 0 Å². The van der Waals surface area contributed by atoms with E-state index in [1.807, 2.05) is 39.8 Å². The van der Waals surface area contributed by atoms with Crippen molar-refractivity contribution in [3.8, 4) is 5.75 Å². The number of benzene rings is 1. The van der Waals surface area contributed by atoms with Crippen molar-refractivity contribution in [2.75, 3.05) is 24.7 Å². The molecule has 0 spiro atoms. The summed E-state index contributed by atoms with van der Waals surface area (Å²) < 4.78 is 34.1. The average Bonchev–Trinajstić information content (AvgIpc) is 2.98. The SMILES string of the molecule is CC[C@H](C)N(C(=O)COC(=O)COc1ccc(C)cc1C)[C@H]1CCS(=O)(=O)C1. The van der Waals surface area contributed by atoms with Crippen molar-refractivity contribution in [3.05, 3.63) is 29.3 Å². The molecule has 8 heteroatoms. The normalized spacial score (nSPS) is 19.1. The Morgan fingerprint density at radius 3 is 2.54 bits per heavy atom. The van der Waals surface area contributed by atoms with Gasteiger partial charge in [-0.05, 0) is 45.2 Å². The fourth-order valence-corrected chi connectivity index (χ4v) is 5.07. The van der Waals surface area contributed by atoms with Crippen LogP contribution >= 0.6 is 0 Å². The number of carbonyl (C=O) groups excluding carboxylic acids is 2. The first kappa shape index (κ1) is 22.2. The summed E-state index contributed by atoms with van der Waals surface area (Å²) in [5.41, 5.74) is 2.01. The summed E-state index contributed by atoms with van der Waals surface area (Å²) in [6.45, 7) is 6.94. The Kier molecular flexibility index (Phi) is 7.46. The largest absolute Gasteiger partial charge is 0.482 e. The van der Waals surface area contributed by atoms with E-state index < -0.39 is 22.4 Å². The predicted octanol–water partition coefficient (Wildman–Crippen LogP) is 2.04. The third-order valence-electron chi connectivity index (χ3n) is 4.99. The van der Waals surface area contributed by atoms with Crippen LogP contribution < -0.4 is 4.74 Å². The van der Waals surface area contributed by atoms with E-state index in [-0.39, 0.29) is 36.1 Å². The highest BCUT2D eigenvalue weighted by atomic mass is 32.2. The van der Waals surface area contributed by atoms with Gasteiger partial charge < -0.3 is 14.4 Å². The quantitative estimate of drug-likeness (QED) is 0.608. The molecule has 1 aromatic rings. The van der Waals surface area contributed by atoms with E-state index in [4.69, 9.17) is 9.47 Å². The molecular formula is C20H29NO6S. The standard InChI is InChI=1S/C20H29NO6S/c1-5-16(4)21(17-8-9-28(24,25)13-17)19(22)11-27-20(23)12-26-18-7-6-14(2)10-15(18)3/h6-7,10,16-17H,5,8-9,11-13H2,1-4H3/t16-,17-/m0/s1. The number of amides is 1. The molecule has 1 aliphatic heterocycles. The maximum absolute atomic E-state index is 12.6. The fraction of sp³-hybridized carbons (Fsp3) is 0.600. The van der Waals surface area contributed by atoms with Crippen LogP contribution in [0, 0.1) is 13.8 Å². The number of ether oxygens (including phenoxy) is 2. The molecular weight excluding hydrogens is 382 g/mol. The van der Waals surface area contributed by atoms with E-state index in [9.17, 15) is 18.0 Å². The molecule has 0 unspecified atom stereocenters. The summed E-state index contributed by atoms with van der Waals surface area (Å²) in [5.74, 6) is -0.382. The van der Waals surface area contributed by atoms with Crippen LogP contribution in [0.5, 0.6) is 5.75 Å². The zero-order valence-electron chi connectivity index (χ0n) is 16.9. The lowest BCUT2D eigenvalue weighted by Crippen LogP contribution is -2.48. The van der Waals surface area contributed by atoms with E-state index in [1.54, 1.807) is 11.0 Å².